The minimum atomic E-state index is 1.08. The fraction of sp³-hybridized carbons (Fsp3) is 0.667. The molecule has 0 aromatic rings. The van der Waals surface area contributed by atoms with Crippen molar-refractivity contribution in [1.82, 2.24) is 0 Å². The second-order valence-electron chi connectivity index (χ2n) is 1.27. The zero-order valence-corrected chi connectivity index (χ0v) is 5.57. The van der Waals surface area contributed by atoms with Crippen LogP contribution in [0.3, 0.4) is 0 Å². The Labute approximate surface area is 46.4 Å². The van der Waals surface area contributed by atoms with Gasteiger partial charge in [0.15, 0.2) is 0 Å². The van der Waals surface area contributed by atoms with Crippen molar-refractivity contribution in [1.29, 1.82) is 0 Å². The molecule has 0 saturated heterocycles. The van der Waals surface area contributed by atoms with Gasteiger partial charge in [0.2, 0.25) is 0 Å². The van der Waals surface area contributed by atoms with Crippen LogP contribution in [0, 0.1) is 0 Å². The molecule has 0 aromatic carbocycles. The molecule has 0 aromatic heterocycles. The summed E-state index contributed by atoms with van der Waals surface area (Å²) in [5.41, 5.74) is 0. The van der Waals surface area contributed by atoms with E-state index < -0.39 is 0 Å². The predicted octanol–water partition coefficient (Wildman–Crippen LogP) is 0.392. The molecule has 44 valence electrons. The molecule has 0 saturated carbocycles. The van der Waals surface area contributed by atoms with E-state index in [1.54, 1.807) is 0 Å². The quantitative estimate of drug-likeness (QED) is 0.461. The van der Waals surface area contributed by atoms with Crippen LogP contribution in [0.1, 0.15) is 13.3 Å². The molecule has 2 N–H and O–H groups in total. The second kappa shape index (κ2) is 17.3. The van der Waals surface area contributed by atoms with Crippen molar-refractivity contribution in [3.8, 4) is 0 Å². The third-order valence-electron chi connectivity index (χ3n) is 0.289. The standard InChI is InChI=1S/C4H8.C2H7N/c1-3-4-2;1-3-2/h3H,1,4H2,2H3;3H,1-2H3/p+1. The number of nitrogens with two attached hydrogens (primary N) is 1. The van der Waals surface area contributed by atoms with Crippen molar-refractivity contribution in [2.75, 3.05) is 14.1 Å². The molecule has 0 fully saturated rings. The molecule has 0 spiro atoms. The Kier molecular flexibility index (Phi) is 24.3. The zero-order chi connectivity index (χ0) is 6.12. The number of rotatable bonds is 1. The van der Waals surface area contributed by atoms with Crippen LogP contribution in [0.4, 0.5) is 0 Å². The molecule has 0 unspecified atom stereocenters. The first-order valence-electron chi connectivity index (χ1n) is 2.68. The summed E-state index contributed by atoms with van der Waals surface area (Å²) in [4.78, 5) is 0. The van der Waals surface area contributed by atoms with Gasteiger partial charge >= 0.3 is 0 Å². The summed E-state index contributed by atoms with van der Waals surface area (Å²) in [5.74, 6) is 0. The van der Waals surface area contributed by atoms with Crippen LogP contribution in [0.5, 0.6) is 0 Å². The van der Waals surface area contributed by atoms with Gasteiger partial charge in [-0.2, -0.15) is 0 Å². The van der Waals surface area contributed by atoms with Crippen molar-refractivity contribution in [2.24, 2.45) is 0 Å². The van der Waals surface area contributed by atoms with Gasteiger partial charge in [0.25, 0.3) is 0 Å². The van der Waals surface area contributed by atoms with Crippen LogP contribution in [-0.4, -0.2) is 14.1 Å². The van der Waals surface area contributed by atoms with Crippen LogP contribution >= 0.6 is 0 Å². The number of quaternary nitrogens is 1. The topological polar surface area (TPSA) is 16.6 Å². The lowest BCUT2D eigenvalue weighted by atomic mass is 10.5. The number of hydrogen-bond acceptors (Lipinski definition) is 0. The highest BCUT2D eigenvalue weighted by atomic mass is 14.7. The van der Waals surface area contributed by atoms with E-state index >= 15 is 0 Å². The van der Waals surface area contributed by atoms with E-state index in [9.17, 15) is 0 Å². The molecule has 7 heavy (non-hydrogen) atoms. The van der Waals surface area contributed by atoms with Crippen LogP contribution < -0.4 is 5.32 Å². The van der Waals surface area contributed by atoms with Crippen molar-refractivity contribution in [3.63, 3.8) is 0 Å². The molecule has 0 aliphatic heterocycles. The van der Waals surface area contributed by atoms with Crippen LogP contribution in [0.15, 0.2) is 12.7 Å². The third kappa shape index (κ3) is 159. The smallest absolute Gasteiger partial charge is 0.0647 e. The van der Waals surface area contributed by atoms with E-state index in [4.69, 9.17) is 0 Å². The van der Waals surface area contributed by atoms with Gasteiger partial charge in [0.1, 0.15) is 0 Å². The Balaban J connectivity index is 0. The number of allylic oxidation sites excluding steroid dienone is 1. The molecule has 1 nitrogen and oxygen atoms in total. The molecule has 0 rings (SSSR count). The summed E-state index contributed by atoms with van der Waals surface area (Å²) in [6, 6.07) is 0. The highest BCUT2D eigenvalue weighted by Crippen LogP contribution is 1.66. The Morgan fingerprint density at radius 2 is 1.71 bits per heavy atom. The van der Waals surface area contributed by atoms with Gasteiger partial charge in [-0.3, -0.25) is 0 Å². The maximum absolute atomic E-state index is 3.48. The molecule has 0 heterocycles. The maximum atomic E-state index is 3.48. The van der Waals surface area contributed by atoms with Crippen LogP contribution in [-0.2, 0) is 0 Å². The summed E-state index contributed by atoms with van der Waals surface area (Å²) in [6.45, 7) is 5.54. The van der Waals surface area contributed by atoms with Crippen LogP contribution in [0.2, 0.25) is 0 Å². The van der Waals surface area contributed by atoms with Gasteiger partial charge in [-0.25, -0.2) is 0 Å². The van der Waals surface area contributed by atoms with E-state index in [2.05, 4.69) is 13.5 Å². The lowest BCUT2D eigenvalue weighted by molar-refractivity contribution is -0.597. The average molecular weight is 102 g/mol. The first-order chi connectivity index (χ1) is 3.33. The molecular formula is C6H16N+. The minimum absolute atomic E-state index is 1.08. The molecule has 0 atom stereocenters. The van der Waals surface area contributed by atoms with Crippen molar-refractivity contribution in [3.05, 3.63) is 12.7 Å². The van der Waals surface area contributed by atoms with E-state index in [1.165, 1.54) is 0 Å². The summed E-state index contributed by atoms with van der Waals surface area (Å²) in [6.07, 6.45) is 2.96. The Morgan fingerprint density at radius 1 is 1.57 bits per heavy atom. The fourth-order valence-electron chi connectivity index (χ4n) is 0. The monoisotopic (exact) mass is 102 g/mol. The van der Waals surface area contributed by atoms with Gasteiger partial charge in [-0.05, 0) is 6.42 Å². The minimum Gasteiger partial charge on any atom is -0.351 e. The van der Waals surface area contributed by atoms with E-state index in [-0.39, 0.29) is 0 Å². The van der Waals surface area contributed by atoms with Crippen molar-refractivity contribution < 1.29 is 5.32 Å². The van der Waals surface area contributed by atoms with Gasteiger partial charge in [0, 0.05) is 0 Å². The Morgan fingerprint density at radius 3 is 1.71 bits per heavy atom. The maximum Gasteiger partial charge on any atom is 0.0647 e. The zero-order valence-electron chi connectivity index (χ0n) is 5.57. The summed E-state index contributed by atoms with van der Waals surface area (Å²) < 4.78 is 0. The predicted molar refractivity (Wildman–Crippen MR) is 34.3 cm³/mol. The number of hydrogen-bond donors (Lipinski definition) is 1. The van der Waals surface area contributed by atoms with Gasteiger partial charge in [-0.15, -0.1) is 6.58 Å². The summed E-state index contributed by atoms with van der Waals surface area (Å²) in [7, 11) is 4.00. The van der Waals surface area contributed by atoms with E-state index in [1.807, 2.05) is 25.5 Å². The first kappa shape index (κ1) is 9.85. The highest BCUT2D eigenvalue weighted by Gasteiger charge is 1.45. The largest absolute Gasteiger partial charge is 0.351 e. The third-order valence-corrected chi connectivity index (χ3v) is 0.289. The lowest BCUT2D eigenvalue weighted by Gasteiger charge is -1.57. The van der Waals surface area contributed by atoms with Crippen molar-refractivity contribution in [2.45, 2.75) is 13.3 Å². The molecule has 0 bridgehead atoms. The fourth-order valence-corrected chi connectivity index (χ4v) is 0. The van der Waals surface area contributed by atoms with E-state index in [0.29, 0.717) is 0 Å². The molecule has 0 aliphatic carbocycles. The Hall–Kier alpha value is -0.300. The van der Waals surface area contributed by atoms with Crippen LogP contribution in [0.25, 0.3) is 0 Å². The summed E-state index contributed by atoms with van der Waals surface area (Å²) >= 11 is 0. The molecule has 1 heteroatoms. The van der Waals surface area contributed by atoms with Gasteiger partial charge < -0.3 is 5.32 Å². The first-order valence-corrected chi connectivity index (χ1v) is 2.68. The van der Waals surface area contributed by atoms with Gasteiger partial charge in [0.05, 0.1) is 14.1 Å². The second-order valence-corrected chi connectivity index (χ2v) is 1.27. The average Bonchev–Trinajstić information content (AvgIpc) is 1.69. The molecule has 0 aliphatic rings. The summed E-state index contributed by atoms with van der Waals surface area (Å²) in [5, 5.41) is 2.00. The Bertz CT molecular complexity index is 25.4. The lowest BCUT2D eigenvalue weighted by Crippen LogP contribution is -2.74. The van der Waals surface area contributed by atoms with Gasteiger partial charge in [-0.1, -0.05) is 13.0 Å². The molecule has 0 amide bonds. The highest BCUT2D eigenvalue weighted by molar-refractivity contribution is 4.60. The molecule has 0 radical (unpaired) electrons. The SMILES string of the molecule is C=CCC.C[NH2+]C. The normalized spacial score (nSPS) is 6.14. The van der Waals surface area contributed by atoms with Crippen molar-refractivity contribution >= 4 is 0 Å². The van der Waals surface area contributed by atoms with E-state index in [0.717, 1.165) is 6.42 Å². The molecular weight excluding hydrogens is 86.1 g/mol.